The van der Waals surface area contributed by atoms with Crippen LogP contribution in [0.15, 0.2) is 84.9 Å². The number of rotatable bonds is 4. The van der Waals surface area contributed by atoms with Crippen molar-refractivity contribution >= 4 is 46.4 Å². The van der Waals surface area contributed by atoms with Crippen molar-refractivity contribution in [3.8, 4) is 22.3 Å². The molecule has 0 amide bonds. The minimum atomic E-state index is -0.132. The van der Waals surface area contributed by atoms with Crippen LogP contribution in [0.4, 0.5) is 0 Å². The molecule has 0 saturated heterocycles. The molecule has 4 heteroatoms. The minimum Gasteiger partial charge on any atom is -0.355 e. The summed E-state index contributed by atoms with van der Waals surface area (Å²) in [6.45, 7) is 11.3. The van der Waals surface area contributed by atoms with E-state index in [-0.39, 0.29) is 11.3 Å². The minimum absolute atomic E-state index is 0.132. The lowest BCUT2D eigenvalue weighted by Gasteiger charge is -2.19. The molecule has 1 atom stereocenters. The summed E-state index contributed by atoms with van der Waals surface area (Å²) in [5.74, 6) is 0.290. The van der Waals surface area contributed by atoms with Crippen molar-refractivity contribution in [1.82, 2.24) is 19.9 Å². The lowest BCUT2D eigenvalue weighted by Crippen LogP contribution is -2.11. The van der Waals surface area contributed by atoms with E-state index in [1.54, 1.807) is 0 Å². The van der Waals surface area contributed by atoms with Gasteiger partial charge >= 0.3 is 0 Å². The van der Waals surface area contributed by atoms with Crippen LogP contribution < -0.4 is 0 Å². The summed E-state index contributed by atoms with van der Waals surface area (Å²) in [5, 5.41) is 0. The molecule has 0 radical (unpaired) electrons. The number of H-pyrrole nitrogens is 2. The fourth-order valence-corrected chi connectivity index (χ4v) is 6.56. The fourth-order valence-electron chi connectivity index (χ4n) is 6.56. The molecule has 5 aromatic rings. The van der Waals surface area contributed by atoms with Gasteiger partial charge in [-0.1, -0.05) is 95.3 Å². The molecule has 2 N–H and O–H groups in total. The Labute approximate surface area is 259 Å². The zero-order valence-corrected chi connectivity index (χ0v) is 26.1. The maximum Gasteiger partial charge on any atom is 0.0737 e. The van der Waals surface area contributed by atoms with Gasteiger partial charge in [-0.25, -0.2) is 9.97 Å². The second-order valence-electron chi connectivity index (χ2n) is 12.8. The second kappa shape index (κ2) is 10.9. The molecule has 3 aromatic heterocycles. The van der Waals surface area contributed by atoms with E-state index in [9.17, 15) is 0 Å². The average molecular weight is 575 g/mol. The summed E-state index contributed by atoms with van der Waals surface area (Å²) in [4.78, 5) is 18.3. The highest BCUT2D eigenvalue weighted by atomic mass is 14.8. The van der Waals surface area contributed by atoms with E-state index in [1.165, 1.54) is 11.1 Å². The van der Waals surface area contributed by atoms with Crippen LogP contribution in [-0.4, -0.2) is 19.9 Å². The molecular weight excluding hydrogens is 536 g/mol. The molecule has 1 unspecified atom stereocenters. The maximum atomic E-state index is 5.32. The van der Waals surface area contributed by atoms with Crippen LogP contribution in [0.25, 0.3) is 68.6 Å². The molecule has 2 aromatic carbocycles. The smallest absolute Gasteiger partial charge is 0.0737 e. The molecule has 5 heterocycles. The van der Waals surface area contributed by atoms with E-state index in [0.29, 0.717) is 0 Å². The van der Waals surface area contributed by atoms with Gasteiger partial charge in [0.15, 0.2) is 0 Å². The Morgan fingerprint density at radius 3 is 1.39 bits per heavy atom. The first-order valence-corrected chi connectivity index (χ1v) is 15.6. The van der Waals surface area contributed by atoms with Crippen molar-refractivity contribution < 1.29 is 0 Å². The zero-order valence-electron chi connectivity index (χ0n) is 26.1. The van der Waals surface area contributed by atoms with Crippen LogP contribution in [-0.2, 0) is 5.41 Å². The van der Waals surface area contributed by atoms with Gasteiger partial charge in [-0.2, -0.15) is 0 Å². The molecule has 218 valence electrons. The summed E-state index contributed by atoms with van der Waals surface area (Å²) < 4.78 is 0. The highest BCUT2D eigenvalue weighted by molar-refractivity contribution is 5.94. The Hall–Kier alpha value is -4.96. The van der Waals surface area contributed by atoms with E-state index >= 15 is 0 Å². The van der Waals surface area contributed by atoms with Crippen molar-refractivity contribution in [1.29, 1.82) is 0 Å². The Morgan fingerprint density at radius 2 is 0.977 bits per heavy atom. The largest absolute Gasteiger partial charge is 0.355 e. The first kappa shape index (κ1) is 27.8. The number of hydrogen-bond donors (Lipinski definition) is 2. The Bertz CT molecular complexity index is 1950. The number of benzene rings is 2. The number of nitrogens with zero attached hydrogens (tertiary/aromatic N) is 2. The number of fused-ring (bicyclic) bond motifs is 8. The van der Waals surface area contributed by atoms with Crippen LogP contribution in [0.2, 0.25) is 0 Å². The third-order valence-electron chi connectivity index (χ3n) is 8.77. The molecule has 2 aliphatic rings. The predicted molar refractivity (Wildman–Crippen MR) is 187 cm³/mol. The lowest BCUT2D eigenvalue weighted by atomic mass is 9.86. The van der Waals surface area contributed by atoms with Crippen LogP contribution in [0.3, 0.4) is 0 Å². The lowest BCUT2D eigenvalue weighted by molar-refractivity contribution is 0.599. The first-order chi connectivity index (χ1) is 21.3. The Kier molecular flexibility index (Phi) is 6.93. The molecule has 0 saturated carbocycles. The van der Waals surface area contributed by atoms with Gasteiger partial charge in [0.1, 0.15) is 0 Å². The van der Waals surface area contributed by atoms with Crippen molar-refractivity contribution in [2.45, 2.75) is 52.4 Å². The van der Waals surface area contributed by atoms with Crippen molar-refractivity contribution in [3.05, 3.63) is 119 Å². The number of nitrogens with one attached hydrogen (secondary N) is 2. The van der Waals surface area contributed by atoms with Crippen molar-refractivity contribution in [2.75, 3.05) is 0 Å². The van der Waals surface area contributed by atoms with Gasteiger partial charge in [0.2, 0.25) is 0 Å². The van der Waals surface area contributed by atoms with Crippen LogP contribution in [0.5, 0.6) is 0 Å². The quantitative estimate of drug-likeness (QED) is 0.220. The molecular formula is C40H38N4. The standard InChI is InChI=1S/C40H38N4/c1-6-25(2)36-28-17-19-30(41-28)37(26-13-9-7-10-14-26)32-21-23-34(43-32)39(40(3,4)5)35-24-22-33(44-35)38(27-15-11-8-12-16-27)31-20-18-29(36)42-31/h7-25,43-44H,6H2,1-5H3. The van der Waals surface area contributed by atoms with Crippen LogP contribution in [0.1, 0.15) is 80.9 Å². The summed E-state index contributed by atoms with van der Waals surface area (Å²) >= 11 is 0. The first-order valence-electron chi connectivity index (χ1n) is 15.6. The monoisotopic (exact) mass is 574 g/mol. The highest BCUT2D eigenvalue weighted by Crippen LogP contribution is 2.37. The van der Waals surface area contributed by atoms with Gasteiger partial charge in [-0.3, -0.25) is 0 Å². The number of hydrogen-bond acceptors (Lipinski definition) is 2. The van der Waals surface area contributed by atoms with Gasteiger partial charge in [0.05, 0.1) is 22.8 Å². The second-order valence-corrected chi connectivity index (χ2v) is 12.8. The van der Waals surface area contributed by atoms with Gasteiger partial charge < -0.3 is 9.97 Å². The van der Waals surface area contributed by atoms with Gasteiger partial charge in [0.25, 0.3) is 0 Å². The molecule has 8 bridgehead atoms. The van der Waals surface area contributed by atoms with E-state index in [1.807, 2.05) is 0 Å². The molecule has 0 fully saturated rings. The molecule has 0 aliphatic carbocycles. The van der Waals surface area contributed by atoms with Crippen LogP contribution in [0, 0.1) is 0 Å². The van der Waals surface area contributed by atoms with Crippen molar-refractivity contribution in [3.63, 3.8) is 0 Å². The van der Waals surface area contributed by atoms with E-state index in [4.69, 9.17) is 9.97 Å². The molecule has 44 heavy (non-hydrogen) atoms. The summed E-state index contributed by atoms with van der Waals surface area (Å²) in [6, 6.07) is 30.0. The van der Waals surface area contributed by atoms with E-state index < -0.39 is 0 Å². The molecule has 4 nitrogen and oxygen atoms in total. The average Bonchev–Trinajstić information content (AvgIpc) is 3.84. The summed E-state index contributed by atoms with van der Waals surface area (Å²) in [6.07, 6.45) is 9.66. The number of aromatic amines is 2. The van der Waals surface area contributed by atoms with Gasteiger partial charge in [0, 0.05) is 44.3 Å². The topological polar surface area (TPSA) is 57.4 Å². The number of aromatic nitrogens is 4. The van der Waals surface area contributed by atoms with Gasteiger partial charge in [-0.05, 0) is 77.5 Å². The molecule has 0 spiro atoms. The Balaban J connectivity index is 1.70. The zero-order chi connectivity index (χ0) is 30.4. The third kappa shape index (κ3) is 4.90. The van der Waals surface area contributed by atoms with E-state index in [0.717, 1.165) is 73.5 Å². The summed E-state index contributed by atoms with van der Waals surface area (Å²) in [7, 11) is 0. The molecule has 2 aliphatic heterocycles. The fraction of sp³-hybridized carbons (Fsp3) is 0.200. The van der Waals surface area contributed by atoms with Crippen molar-refractivity contribution in [2.24, 2.45) is 0 Å². The normalized spacial score (nSPS) is 13.4. The van der Waals surface area contributed by atoms with Crippen LogP contribution >= 0.6 is 0 Å². The third-order valence-corrected chi connectivity index (χ3v) is 8.77. The SMILES string of the molecule is CCC(C)c1c2nc(c(-c3ccccc3)c3ccc([nH]3)c(C(C)(C)C)c3ccc([nH]3)c(-c3ccccc3)c3nc1C=C3)C=C2. The summed E-state index contributed by atoms with van der Waals surface area (Å²) in [5.41, 5.74) is 14.9. The molecule has 7 rings (SSSR count). The maximum absolute atomic E-state index is 5.32. The van der Waals surface area contributed by atoms with Gasteiger partial charge in [-0.15, -0.1) is 0 Å². The highest BCUT2D eigenvalue weighted by Gasteiger charge is 2.22. The predicted octanol–water partition coefficient (Wildman–Crippen LogP) is 10.8. The Morgan fingerprint density at radius 1 is 0.568 bits per heavy atom. The van der Waals surface area contributed by atoms with E-state index in [2.05, 4.69) is 154 Å².